The van der Waals surface area contributed by atoms with Crippen molar-refractivity contribution >= 4 is 21.7 Å². The van der Waals surface area contributed by atoms with Crippen molar-refractivity contribution in [3.05, 3.63) is 29.3 Å². The van der Waals surface area contributed by atoms with Gasteiger partial charge in [-0.3, -0.25) is 4.79 Å². The molecular formula is C10H10N4O3S. The van der Waals surface area contributed by atoms with Gasteiger partial charge in [-0.2, -0.15) is 10.3 Å². The Bertz CT molecular complexity index is 667. The standard InChI is InChI=1S/C10H10N4O3S/c1-18(16,17)8-3-6(5-11)2-7(4-8)9(15)14-10(12)13/h2-4H,1H3,(H4,12,13,14,15). The van der Waals surface area contributed by atoms with Crippen LogP contribution in [0.15, 0.2) is 28.1 Å². The molecule has 1 aromatic rings. The van der Waals surface area contributed by atoms with Crippen LogP contribution in [0.2, 0.25) is 0 Å². The topological polar surface area (TPSA) is 139 Å². The van der Waals surface area contributed by atoms with Crippen LogP contribution in [0.4, 0.5) is 0 Å². The molecule has 18 heavy (non-hydrogen) atoms. The zero-order valence-electron chi connectivity index (χ0n) is 9.41. The average molecular weight is 266 g/mol. The van der Waals surface area contributed by atoms with Gasteiger partial charge in [0.1, 0.15) is 0 Å². The molecule has 94 valence electrons. The molecule has 0 aliphatic rings. The Balaban J connectivity index is 3.44. The van der Waals surface area contributed by atoms with Crippen molar-refractivity contribution in [1.29, 1.82) is 5.26 Å². The summed E-state index contributed by atoms with van der Waals surface area (Å²) in [6, 6.07) is 5.26. The number of hydrogen-bond donors (Lipinski definition) is 2. The summed E-state index contributed by atoms with van der Waals surface area (Å²) in [7, 11) is -3.53. The highest BCUT2D eigenvalue weighted by Gasteiger charge is 2.14. The molecule has 0 aromatic heterocycles. The molecule has 1 aromatic carbocycles. The van der Waals surface area contributed by atoms with E-state index in [9.17, 15) is 13.2 Å². The van der Waals surface area contributed by atoms with Crippen molar-refractivity contribution in [2.24, 2.45) is 16.5 Å². The van der Waals surface area contributed by atoms with Gasteiger partial charge in [0, 0.05) is 11.8 Å². The van der Waals surface area contributed by atoms with Crippen molar-refractivity contribution < 1.29 is 13.2 Å². The number of rotatable bonds is 2. The lowest BCUT2D eigenvalue weighted by Gasteiger charge is -2.02. The molecule has 0 radical (unpaired) electrons. The van der Waals surface area contributed by atoms with Crippen LogP contribution in [0.5, 0.6) is 0 Å². The minimum absolute atomic E-state index is 0.0343. The molecule has 7 nitrogen and oxygen atoms in total. The molecular weight excluding hydrogens is 256 g/mol. The summed E-state index contributed by atoms with van der Waals surface area (Å²) in [5.74, 6) is -1.25. The lowest BCUT2D eigenvalue weighted by atomic mass is 10.1. The van der Waals surface area contributed by atoms with E-state index in [0.717, 1.165) is 12.3 Å². The molecule has 0 aliphatic carbocycles. The molecule has 0 unspecified atom stereocenters. The third-order valence-corrected chi connectivity index (χ3v) is 3.03. The number of nitrogens with two attached hydrogens (primary N) is 2. The molecule has 4 N–H and O–H groups in total. The fourth-order valence-corrected chi connectivity index (χ4v) is 1.87. The van der Waals surface area contributed by atoms with Crippen LogP contribution in [-0.4, -0.2) is 26.5 Å². The molecule has 0 bridgehead atoms. The number of carbonyl (C=O) groups excluding carboxylic acids is 1. The molecule has 1 amide bonds. The molecule has 0 saturated carbocycles. The number of nitrogens with zero attached hydrogens (tertiary/aromatic N) is 2. The highest BCUT2D eigenvalue weighted by atomic mass is 32.2. The number of benzene rings is 1. The van der Waals surface area contributed by atoms with Gasteiger partial charge >= 0.3 is 0 Å². The fourth-order valence-electron chi connectivity index (χ4n) is 1.18. The van der Waals surface area contributed by atoms with Gasteiger partial charge in [0.05, 0.1) is 16.5 Å². The molecule has 8 heteroatoms. The van der Waals surface area contributed by atoms with E-state index in [0.29, 0.717) is 0 Å². The van der Waals surface area contributed by atoms with Gasteiger partial charge in [0.2, 0.25) is 0 Å². The zero-order valence-corrected chi connectivity index (χ0v) is 10.2. The summed E-state index contributed by atoms with van der Waals surface area (Å²) in [6.45, 7) is 0. The van der Waals surface area contributed by atoms with Crippen LogP contribution < -0.4 is 11.5 Å². The highest BCUT2D eigenvalue weighted by Crippen LogP contribution is 2.15. The maximum atomic E-state index is 11.6. The van der Waals surface area contributed by atoms with Crippen molar-refractivity contribution in [2.75, 3.05) is 6.26 Å². The highest BCUT2D eigenvalue weighted by molar-refractivity contribution is 7.90. The SMILES string of the molecule is CS(=O)(=O)c1cc(C#N)cc(C(=O)N=C(N)N)c1. The van der Waals surface area contributed by atoms with Gasteiger partial charge in [0.25, 0.3) is 5.91 Å². The maximum Gasteiger partial charge on any atom is 0.280 e. The minimum Gasteiger partial charge on any atom is -0.370 e. The number of nitriles is 1. The zero-order chi connectivity index (χ0) is 13.9. The fraction of sp³-hybridized carbons (Fsp3) is 0.100. The largest absolute Gasteiger partial charge is 0.370 e. The second-order valence-corrected chi connectivity index (χ2v) is 5.49. The van der Waals surface area contributed by atoms with E-state index in [4.69, 9.17) is 16.7 Å². The van der Waals surface area contributed by atoms with Crippen LogP contribution in [0.3, 0.4) is 0 Å². The number of guanidine groups is 1. The number of amides is 1. The van der Waals surface area contributed by atoms with Gasteiger partial charge in [-0.15, -0.1) is 0 Å². The number of hydrogen-bond acceptors (Lipinski definition) is 4. The van der Waals surface area contributed by atoms with Crippen molar-refractivity contribution in [3.63, 3.8) is 0 Å². The monoisotopic (exact) mass is 266 g/mol. The minimum atomic E-state index is -3.53. The van der Waals surface area contributed by atoms with E-state index in [-0.39, 0.29) is 16.0 Å². The van der Waals surface area contributed by atoms with Crippen molar-refractivity contribution in [3.8, 4) is 6.07 Å². The lowest BCUT2D eigenvalue weighted by Crippen LogP contribution is -2.24. The summed E-state index contributed by atoms with van der Waals surface area (Å²) in [5, 5.41) is 8.77. The van der Waals surface area contributed by atoms with E-state index in [1.54, 1.807) is 6.07 Å². The van der Waals surface area contributed by atoms with E-state index in [1.807, 2.05) is 0 Å². The molecule has 1 rings (SSSR count). The third-order valence-electron chi connectivity index (χ3n) is 1.94. The number of sulfone groups is 1. The Morgan fingerprint density at radius 2 is 1.94 bits per heavy atom. The van der Waals surface area contributed by atoms with Gasteiger partial charge in [-0.05, 0) is 18.2 Å². The van der Waals surface area contributed by atoms with Crippen LogP contribution in [0, 0.1) is 11.3 Å². The van der Waals surface area contributed by atoms with Crippen molar-refractivity contribution in [1.82, 2.24) is 0 Å². The third kappa shape index (κ3) is 3.29. The van der Waals surface area contributed by atoms with Gasteiger partial charge in [-0.25, -0.2) is 8.42 Å². The predicted molar refractivity (Wildman–Crippen MR) is 64.4 cm³/mol. The van der Waals surface area contributed by atoms with Gasteiger partial charge in [-0.1, -0.05) is 0 Å². The second kappa shape index (κ2) is 4.85. The van der Waals surface area contributed by atoms with Gasteiger partial charge < -0.3 is 11.5 Å². The summed E-state index contributed by atoms with van der Waals surface area (Å²) in [5.41, 5.74) is 10.1. The van der Waals surface area contributed by atoms with Crippen molar-refractivity contribution in [2.45, 2.75) is 4.90 Å². The Morgan fingerprint density at radius 3 is 2.39 bits per heavy atom. The van der Waals surface area contributed by atoms with E-state index in [2.05, 4.69) is 4.99 Å². The predicted octanol–water partition coefficient (Wildman–Crippen LogP) is -0.625. The molecule has 0 spiro atoms. The Kier molecular flexibility index (Phi) is 3.68. The summed E-state index contributed by atoms with van der Waals surface area (Å²) >= 11 is 0. The first-order valence-corrected chi connectivity index (χ1v) is 6.52. The number of aliphatic imine (C=N–C) groups is 1. The Labute approximate surface area is 104 Å². The normalized spacial score (nSPS) is 10.4. The Hall–Kier alpha value is -2.40. The molecule has 0 saturated heterocycles. The molecule has 0 fully saturated rings. The summed E-state index contributed by atoms with van der Waals surface area (Å²) < 4.78 is 22.8. The average Bonchev–Trinajstić information content (AvgIpc) is 2.26. The maximum absolute atomic E-state index is 11.6. The first-order chi connectivity index (χ1) is 8.24. The van der Waals surface area contributed by atoms with Crippen LogP contribution in [-0.2, 0) is 9.84 Å². The lowest BCUT2D eigenvalue weighted by molar-refractivity contribution is 0.100. The molecule has 0 atom stereocenters. The van der Waals surface area contributed by atoms with Crippen LogP contribution >= 0.6 is 0 Å². The van der Waals surface area contributed by atoms with Crippen LogP contribution in [0.25, 0.3) is 0 Å². The van der Waals surface area contributed by atoms with Gasteiger partial charge in [0.15, 0.2) is 15.8 Å². The first kappa shape index (κ1) is 13.7. The van der Waals surface area contributed by atoms with E-state index < -0.39 is 21.7 Å². The molecule has 0 heterocycles. The summed E-state index contributed by atoms with van der Waals surface area (Å²) in [6.07, 6.45) is 0.971. The molecule has 0 aliphatic heterocycles. The summed E-state index contributed by atoms with van der Waals surface area (Å²) in [4.78, 5) is 14.7. The Morgan fingerprint density at radius 1 is 1.33 bits per heavy atom. The van der Waals surface area contributed by atoms with E-state index >= 15 is 0 Å². The second-order valence-electron chi connectivity index (χ2n) is 3.47. The smallest absolute Gasteiger partial charge is 0.280 e. The van der Waals surface area contributed by atoms with Crippen LogP contribution in [0.1, 0.15) is 15.9 Å². The quantitative estimate of drug-likeness (QED) is 0.539. The first-order valence-electron chi connectivity index (χ1n) is 4.63. The number of carbonyl (C=O) groups is 1. The van der Waals surface area contributed by atoms with E-state index in [1.165, 1.54) is 12.1 Å².